The fourth-order valence-corrected chi connectivity index (χ4v) is 4.43. The second-order valence-corrected chi connectivity index (χ2v) is 7.84. The summed E-state index contributed by atoms with van der Waals surface area (Å²) in [5.41, 5.74) is 11.7. The molecule has 1 heterocycles. The van der Waals surface area contributed by atoms with Gasteiger partial charge in [-0.1, -0.05) is 0 Å². The third-order valence-corrected chi connectivity index (χ3v) is 5.79. The summed E-state index contributed by atoms with van der Waals surface area (Å²) in [6.07, 6.45) is 0. The fraction of sp³-hybridized carbons (Fsp3) is 0.429. The van der Waals surface area contributed by atoms with Gasteiger partial charge in [-0.3, -0.25) is 0 Å². The zero-order valence-corrected chi connectivity index (χ0v) is 18.4. The number of nitrogens with zero attached hydrogens (tertiary/aromatic N) is 1. The average Bonchev–Trinajstić information content (AvgIpc) is 2.60. The Morgan fingerprint density at radius 3 is 2.14 bits per heavy atom. The Balaban J connectivity index is 2.90. The molecule has 1 aromatic carbocycles. The lowest BCUT2D eigenvalue weighted by Crippen LogP contribution is -2.27. The summed E-state index contributed by atoms with van der Waals surface area (Å²) in [7, 11) is 0. The second kappa shape index (κ2) is 8.46. The molecular weight excluding hydrogens is 399 g/mol. The SMILES string of the molecule is CCOC(=O)C1=C(C)OC(N)=C(C#N)C1c1c(C)c(C)c(C(Cl)Cl)c(C)c1C. The van der Waals surface area contributed by atoms with Crippen LogP contribution in [-0.4, -0.2) is 12.6 Å². The zero-order valence-electron chi connectivity index (χ0n) is 16.9. The van der Waals surface area contributed by atoms with Crippen LogP contribution in [0, 0.1) is 39.0 Å². The molecule has 0 aromatic heterocycles. The molecular formula is C21H24Cl2N2O3. The Bertz CT molecular complexity index is 911. The van der Waals surface area contributed by atoms with E-state index in [4.69, 9.17) is 38.4 Å². The lowest BCUT2D eigenvalue weighted by atomic mass is 9.76. The van der Waals surface area contributed by atoms with E-state index in [1.807, 2.05) is 27.7 Å². The summed E-state index contributed by atoms with van der Waals surface area (Å²) in [6.45, 7) is 11.3. The van der Waals surface area contributed by atoms with Gasteiger partial charge in [0.05, 0.1) is 18.1 Å². The number of esters is 1. The van der Waals surface area contributed by atoms with Crippen molar-refractivity contribution in [3.8, 4) is 6.07 Å². The standard InChI is InChI=1S/C21H24Cl2N2O3/c1-7-27-21(26)17-13(6)28-20(25)14(8-24)18(17)15-9(2)11(4)16(19(22)23)12(5)10(15)3/h18-19H,7,25H2,1-6H3. The van der Waals surface area contributed by atoms with E-state index >= 15 is 0 Å². The Labute approximate surface area is 175 Å². The number of nitrogens with two attached hydrogens (primary N) is 1. The molecule has 0 radical (unpaired) electrons. The third-order valence-electron chi connectivity index (χ3n) is 5.35. The van der Waals surface area contributed by atoms with E-state index in [1.54, 1.807) is 13.8 Å². The summed E-state index contributed by atoms with van der Waals surface area (Å²) < 4.78 is 10.7. The van der Waals surface area contributed by atoms with Crippen LogP contribution in [0.2, 0.25) is 0 Å². The average molecular weight is 423 g/mol. The predicted octanol–water partition coefficient (Wildman–Crippen LogP) is 5.04. The van der Waals surface area contributed by atoms with Crippen molar-refractivity contribution in [3.63, 3.8) is 0 Å². The van der Waals surface area contributed by atoms with Gasteiger partial charge in [-0.15, -0.1) is 23.2 Å². The van der Waals surface area contributed by atoms with Gasteiger partial charge in [0, 0.05) is 0 Å². The van der Waals surface area contributed by atoms with Crippen molar-refractivity contribution in [1.82, 2.24) is 0 Å². The molecule has 1 aliphatic heterocycles. The van der Waals surface area contributed by atoms with Crippen LogP contribution < -0.4 is 5.73 Å². The Hall–Kier alpha value is -2.16. The molecule has 0 fully saturated rings. The van der Waals surface area contributed by atoms with E-state index in [0.717, 1.165) is 33.4 Å². The van der Waals surface area contributed by atoms with Crippen molar-refractivity contribution in [1.29, 1.82) is 5.26 Å². The van der Waals surface area contributed by atoms with E-state index in [1.165, 1.54) is 0 Å². The molecule has 5 nitrogen and oxygen atoms in total. The van der Waals surface area contributed by atoms with Crippen LogP contribution in [-0.2, 0) is 14.3 Å². The van der Waals surface area contributed by atoms with Crippen molar-refractivity contribution >= 4 is 29.2 Å². The predicted molar refractivity (Wildman–Crippen MR) is 110 cm³/mol. The Morgan fingerprint density at radius 2 is 1.71 bits per heavy atom. The van der Waals surface area contributed by atoms with Crippen LogP contribution >= 0.6 is 23.2 Å². The van der Waals surface area contributed by atoms with Crippen molar-refractivity contribution in [2.24, 2.45) is 5.73 Å². The van der Waals surface area contributed by atoms with E-state index in [-0.39, 0.29) is 23.6 Å². The van der Waals surface area contributed by atoms with Gasteiger partial charge in [-0.25, -0.2) is 4.79 Å². The van der Waals surface area contributed by atoms with Gasteiger partial charge in [0.1, 0.15) is 22.2 Å². The number of allylic oxidation sites excluding steroid dienone is 2. The van der Waals surface area contributed by atoms with Crippen molar-refractivity contribution < 1.29 is 14.3 Å². The smallest absolute Gasteiger partial charge is 0.338 e. The molecule has 0 saturated carbocycles. The maximum atomic E-state index is 12.8. The lowest BCUT2D eigenvalue weighted by molar-refractivity contribution is -0.139. The number of alkyl halides is 2. The highest BCUT2D eigenvalue weighted by Crippen LogP contribution is 2.45. The van der Waals surface area contributed by atoms with Crippen LogP contribution in [0.1, 0.15) is 58.0 Å². The molecule has 1 aliphatic rings. The van der Waals surface area contributed by atoms with Crippen LogP contribution in [0.15, 0.2) is 22.8 Å². The van der Waals surface area contributed by atoms with Crippen molar-refractivity contribution in [2.45, 2.75) is 52.3 Å². The second-order valence-electron chi connectivity index (χ2n) is 6.74. The molecule has 28 heavy (non-hydrogen) atoms. The molecule has 0 saturated heterocycles. The number of carbonyl (C=O) groups excluding carboxylic acids is 1. The topological polar surface area (TPSA) is 85.3 Å². The van der Waals surface area contributed by atoms with Gasteiger partial charge in [0.2, 0.25) is 5.88 Å². The first-order valence-corrected chi connectivity index (χ1v) is 9.79. The lowest BCUT2D eigenvalue weighted by Gasteiger charge is -2.31. The Morgan fingerprint density at radius 1 is 1.18 bits per heavy atom. The van der Waals surface area contributed by atoms with Crippen LogP contribution in [0.4, 0.5) is 0 Å². The normalized spacial score (nSPS) is 16.9. The molecule has 0 spiro atoms. The number of rotatable bonds is 4. The minimum Gasteiger partial charge on any atom is -0.463 e. The first kappa shape index (κ1) is 22.1. The fourth-order valence-electron chi connectivity index (χ4n) is 3.77. The van der Waals surface area contributed by atoms with Gasteiger partial charge < -0.3 is 15.2 Å². The minimum absolute atomic E-state index is 0.0104. The van der Waals surface area contributed by atoms with Crippen LogP contribution in [0.25, 0.3) is 0 Å². The minimum atomic E-state index is -0.687. The number of benzene rings is 1. The zero-order chi connectivity index (χ0) is 21.3. The third kappa shape index (κ3) is 3.59. The number of hydrogen-bond acceptors (Lipinski definition) is 5. The number of carbonyl (C=O) groups is 1. The first-order valence-electron chi connectivity index (χ1n) is 8.92. The van der Waals surface area contributed by atoms with E-state index in [0.29, 0.717) is 5.76 Å². The van der Waals surface area contributed by atoms with Crippen LogP contribution in [0.5, 0.6) is 0 Å². The highest BCUT2D eigenvalue weighted by Gasteiger charge is 2.38. The molecule has 1 atom stereocenters. The molecule has 0 amide bonds. The molecule has 0 aliphatic carbocycles. The van der Waals surface area contributed by atoms with Gasteiger partial charge in [0.25, 0.3) is 0 Å². The van der Waals surface area contributed by atoms with E-state index in [9.17, 15) is 10.1 Å². The molecule has 2 N–H and O–H groups in total. The number of ether oxygens (including phenoxy) is 2. The monoisotopic (exact) mass is 422 g/mol. The summed E-state index contributed by atoms with van der Waals surface area (Å²) in [6, 6.07) is 2.12. The van der Waals surface area contributed by atoms with E-state index < -0.39 is 16.7 Å². The molecule has 2 rings (SSSR count). The molecule has 0 bridgehead atoms. The molecule has 150 valence electrons. The maximum Gasteiger partial charge on any atom is 0.338 e. The highest BCUT2D eigenvalue weighted by molar-refractivity contribution is 6.44. The summed E-state index contributed by atoms with van der Waals surface area (Å²) in [4.78, 5) is 12.1. The summed E-state index contributed by atoms with van der Waals surface area (Å²) in [5.74, 6) is -0.904. The van der Waals surface area contributed by atoms with Gasteiger partial charge in [-0.05, 0) is 74.9 Å². The summed E-state index contributed by atoms with van der Waals surface area (Å²) in [5, 5.41) is 9.79. The van der Waals surface area contributed by atoms with Gasteiger partial charge in [0.15, 0.2) is 0 Å². The number of halogens is 2. The molecule has 7 heteroatoms. The largest absolute Gasteiger partial charge is 0.463 e. The number of nitriles is 1. The van der Waals surface area contributed by atoms with Crippen LogP contribution in [0.3, 0.4) is 0 Å². The molecule has 1 aromatic rings. The van der Waals surface area contributed by atoms with E-state index in [2.05, 4.69) is 6.07 Å². The number of hydrogen-bond donors (Lipinski definition) is 1. The van der Waals surface area contributed by atoms with Crippen molar-refractivity contribution in [3.05, 3.63) is 56.2 Å². The van der Waals surface area contributed by atoms with Crippen molar-refractivity contribution in [2.75, 3.05) is 6.61 Å². The molecule has 1 unspecified atom stereocenters. The first-order chi connectivity index (χ1) is 13.1. The quantitative estimate of drug-likeness (QED) is 0.542. The summed E-state index contributed by atoms with van der Waals surface area (Å²) >= 11 is 12.4. The highest BCUT2D eigenvalue weighted by atomic mass is 35.5. The Kier molecular flexibility index (Phi) is 6.69. The van der Waals surface area contributed by atoms with Gasteiger partial charge >= 0.3 is 5.97 Å². The van der Waals surface area contributed by atoms with Gasteiger partial charge in [-0.2, -0.15) is 5.26 Å². The maximum absolute atomic E-state index is 12.8.